The molecule has 0 spiro atoms. The van der Waals surface area contributed by atoms with Gasteiger partial charge in [0.25, 0.3) is 0 Å². The van der Waals surface area contributed by atoms with Gasteiger partial charge in [-0.2, -0.15) is 0 Å². The van der Waals surface area contributed by atoms with Crippen LogP contribution in [0.3, 0.4) is 0 Å². The summed E-state index contributed by atoms with van der Waals surface area (Å²) < 4.78 is 0. The number of carbonyl (C=O) groups excluding carboxylic acids is 1. The van der Waals surface area contributed by atoms with Gasteiger partial charge in [0, 0.05) is 0 Å². The van der Waals surface area contributed by atoms with E-state index in [0.717, 1.165) is 6.42 Å². The van der Waals surface area contributed by atoms with Crippen molar-refractivity contribution in [3.05, 3.63) is 12.2 Å². The van der Waals surface area contributed by atoms with Crippen molar-refractivity contribution in [3.63, 3.8) is 0 Å². The number of rotatable bonds is 9. The number of nitrogens with two attached hydrogens (primary N) is 1. The lowest BCUT2D eigenvalue weighted by atomic mass is 9.89. The summed E-state index contributed by atoms with van der Waals surface area (Å²) in [6, 6.07) is 0. The van der Waals surface area contributed by atoms with Gasteiger partial charge in [0.1, 0.15) is 0 Å². The third kappa shape index (κ3) is 15.2. The van der Waals surface area contributed by atoms with Crippen LogP contribution in [0.1, 0.15) is 72.1 Å². The number of hydrogen-bond acceptors (Lipinski definition) is 1. The minimum atomic E-state index is -0.341. The van der Waals surface area contributed by atoms with Gasteiger partial charge in [-0.25, -0.2) is 0 Å². The van der Waals surface area contributed by atoms with Crippen molar-refractivity contribution in [1.29, 1.82) is 0 Å². The molecule has 17 heavy (non-hydrogen) atoms. The predicted molar refractivity (Wildman–Crippen MR) is 74.7 cm³/mol. The monoisotopic (exact) mass is 239 g/mol. The molecule has 0 radical (unpaired) electrons. The highest BCUT2D eigenvalue weighted by atomic mass is 16.1. The summed E-state index contributed by atoms with van der Waals surface area (Å²) in [6.45, 7) is 6.91. The fraction of sp³-hybridized carbons (Fsp3) is 0.800. The van der Waals surface area contributed by atoms with Crippen LogP contribution in [0.25, 0.3) is 0 Å². The van der Waals surface area contributed by atoms with Gasteiger partial charge in [0.2, 0.25) is 5.91 Å². The van der Waals surface area contributed by atoms with Crippen LogP contribution in [0, 0.1) is 5.41 Å². The van der Waals surface area contributed by atoms with Crippen LogP contribution >= 0.6 is 0 Å². The highest BCUT2D eigenvalue weighted by Crippen LogP contribution is 2.22. The lowest BCUT2D eigenvalue weighted by Crippen LogP contribution is -2.05. The minimum absolute atomic E-state index is 0.341. The Morgan fingerprint density at radius 3 is 2.06 bits per heavy atom. The van der Waals surface area contributed by atoms with Gasteiger partial charge >= 0.3 is 0 Å². The van der Waals surface area contributed by atoms with E-state index in [-0.39, 0.29) is 5.91 Å². The van der Waals surface area contributed by atoms with E-state index in [1.165, 1.54) is 51.0 Å². The molecule has 0 atom stereocenters. The summed E-state index contributed by atoms with van der Waals surface area (Å²) in [7, 11) is 0. The van der Waals surface area contributed by atoms with E-state index in [1.54, 1.807) is 0 Å². The lowest BCUT2D eigenvalue weighted by Gasteiger charge is -2.17. The molecule has 0 unspecified atom stereocenters. The highest BCUT2D eigenvalue weighted by molar-refractivity contribution is 5.85. The maximum Gasteiger partial charge on any atom is 0.241 e. The van der Waals surface area contributed by atoms with E-state index in [1.807, 2.05) is 6.08 Å². The molecular formula is C15H29NO. The molecule has 0 aliphatic carbocycles. The Balaban J connectivity index is 3.17. The molecule has 0 saturated heterocycles. The second-order valence-electron chi connectivity index (χ2n) is 6.03. The maximum absolute atomic E-state index is 10.4. The minimum Gasteiger partial charge on any atom is -0.366 e. The number of hydrogen-bond donors (Lipinski definition) is 1. The molecule has 2 nitrogen and oxygen atoms in total. The summed E-state index contributed by atoms with van der Waals surface area (Å²) >= 11 is 0. The van der Waals surface area contributed by atoms with E-state index in [4.69, 9.17) is 5.73 Å². The van der Waals surface area contributed by atoms with Crippen LogP contribution in [0.5, 0.6) is 0 Å². The van der Waals surface area contributed by atoms with E-state index < -0.39 is 0 Å². The number of amides is 1. The summed E-state index contributed by atoms with van der Waals surface area (Å²) in [6.07, 6.45) is 13.4. The average molecular weight is 239 g/mol. The average Bonchev–Trinajstić information content (AvgIpc) is 2.18. The van der Waals surface area contributed by atoms with Crippen molar-refractivity contribution in [2.45, 2.75) is 72.1 Å². The molecule has 0 aromatic carbocycles. The van der Waals surface area contributed by atoms with Gasteiger partial charge in [0.05, 0.1) is 0 Å². The second kappa shape index (κ2) is 9.26. The fourth-order valence-corrected chi connectivity index (χ4v) is 1.82. The summed E-state index contributed by atoms with van der Waals surface area (Å²) in [5, 5.41) is 0. The van der Waals surface area contributed by atoms with Crippen molar-refractivity contribution in [1.82, 2.24) is 0 Å². The zero-order chi connectivity index (χ0) is 13.1. The van der Waals surface area contributed by atoms with Gasteiger partial charge in [-0.15, -0.1) is 0 Å². The Morgan fingerprint density at radius 2 is 1.53 bits per heavy atom. The molecule has 0 bridgehead atoms. The zero-order valence-electron chi connectivity index (χ0n) is 11.8. The van der Waals surface area contributed by atoms with Crippen molar-refractivity contribution >= 4 is 5.91 Å². The Kier molecular flexibility index (Phi) is 8.83. The first-order chi connectivity index (χ1) is 7.92. The third-order valence-corrected chi connectivity index (χ3v) is 2.83. The fourth-order valence-electron chi connectivity index (χ4n) is 1.82. The zero-order valence-corrected chi connectivity index (χ0v) is 11.8. The Labute approximate surface area is 107 Å². The summed E-state index contributed by atoms with van der Waals surface area (Å²) in [5.74, 6) is -0.341. The molecule has 100 valence electrons. The smallest absolute Gasteiger partial charge is 0.241 e. The standard InChI is InChI=1S/C15H29NO/c1-15(2,3)13-11-9-7-5-4-6-8-10-12-14(16)17/h10,12H,4-9,11,13H2,1-3H3,(H2,16,17). The number of unbranched alkanes of at least 4 members (excludes halogenated alkanes) is 6. The van der Waals surface area contributed by atoms with E-state index >= 15 is 0 Å². The first-order valence-corrected chi connectivity index (χ1v) is 6.88. The van der Waals surface area contributed by atoms with Crippen molar-refractivity contribution in [3.8, 4) is 0 Å². The van der Waals surface area contributed by atoms with Crippen molar-refractivity contribution in [2.75, 3.05) is 0 Å². The van der Waals surface area contributed by atoms with Crippen molar-refractivity contribution < 1.29 is 4.79 Å². The normalized spacial score (nSPS) is 12.2. The molecule has 2 heteroatoms. The molecule has 0 fully saturated rings. The van der Waals surface area contributed by atoms with Gasteiger partial charge in [-0.1, -0.05) is 59.0 Å². The molecule has 2 N–H and O–H groups in total. The Morgan fingerprint density at radius 1 is 1.00 bits per heavy atom. The topological polar surface area (TPSA) is 43.1 Å². The molecular weight excluding hydrogens is 210 g/mol. The van der Waals surface area contributed by atoms with Crippen LogP contribution in [0.4, 0.5) is 0 Å². The van der Waals surface area contributed by atoms with E-state index in [2.05, 4.69) is 20.8 Å². The molecule has 0 aliphatic heterocycles. The predicted octanol–water partition coefficient (Wildman–Crippen LogP) is 4.19. The maximum atomic E-state index is 10.4. The van der Waals surface area contributed by atoms with E-state index in [9.17, 15) is 4.79 Å². The summed E-state index contributed by atoms with van der Waals surface area (Å²) in [5.41, 5.74) is 5.48. The largest absolute Gasteiger partial charge is 0.366 e. The van der Waals surface area contributed by atoms with Gasteiger partial charge in [-0.3, -0.25) is 4.79 Å². The lowest BCUT2D eigenvalue weighted by molar-refractivity contribution is -0.113. The molecule has 1 amide bonds. The highest BCUT2D eigenvalue weighted by Gasteiger charge is 2.08. The van der Waals surface area contributed by atoms with Crippen LogP contribution < -0.4 is 5.73 Å². The molecule has 0 rings (SSSR count). The third-order valence-electron chi connectivity index (χ3n) is 2.83. The van der Waals surface area contributed by atoms with Crippen molar-refractivity contribution in [2.24, 2.45) is 11.1 Å². The Bertz CT molecular complexity index is 226. The van der Waals surface area contributed by atoms with Crippen LogP contribution in [0.2, 0.25) is 0 Å². The first-order valence-electron chi connectivity index (χ1n) is 6.88. The van der Waals surface area contributed by atoms with Gasteiger partial charge in [-0.05, 0) is 30.8 Å². The molecule has 0 saturated carbocycles. The number of carbonyl (C=O) groups is 1. The van der Waals surface area contributed by atoms with E-state index in [0.29, 0.717) is 5.41 Å². The number of allylic oxidation sites excluding steroid dienone is 1. The quantitative estimate of drug-likeness (QED) is 0.475. The molecule has 0 aliphatic rings. The molecule has 0 heterocycles. The molecule has 0 aromatic heterocycles. The van der Waals surface area contributed by atoms with Crippen LogP contribution in [-0.4, -0.2) is 5.91 Å². The van der Waals surface area contributed by atoms with Crippen LogP contribution in [0.15, 0.2) is 12.2 Å². The first kappa shape index (κ1) is 16.2. The van der Waals surface area contributed by atoms with Crippen LogP contribution in [-0.2, 0) is 4.79 Å². The SMILES string of the molecule is CC(C)(C)CCCCCCCCC=CC(N)=O. The summed E-state index contributed by atoms with van der Waals surface area (Å²) in [4.78, 5) is 10.4. The van der Waals surface area contributed by atoms with Gasteiger partial charge in [0.15, 0.2) is 0 Å². The Hall–Kier alpha value is -0.790. The molecule has 0 aromatic rings. The van der Waals surface area contributed by atoms with Gasteiger partial charge < -0.3 is 5.73 Å². The number of primary amides is 1. The second-order valence-corrected chi connectivity index (χ2v) is 6.03.